The second-order valence-corrected chi connectivity index (χ2v) is 3.57. The molecule has 76 valence electrons. The fraction of sp³-hybridized carbons (Fsp3) is 0.727. The molecular formula is C11H20O2. The fourth-order valence-electron chi connectivity index (χ4n) is 0.798. The molecule has 0 bridgehead atoms. The zero-order valence-electron chi connectivity index (χ0n) is 8.88. The standard InChI is InChI=1S/C11H20O2/c1-4-5-6-7-8-11(12)13-9-10(2)3/h7-8,10H,4-6,9H2,1-3H3. The van der Waals surface area contributed by atoms with Crippen molar-refractivity contribution < 1.29 is 9.53 Å². The lowest BCUT2D eigenvalue weighted by Gasteiger charge is -2.03. The highest BCUT2D eigenvalue weighted by Crippen LogP contribution is 1.97. The van der Waals surface area contributed by atoms with Gasteiger partial charge in [-0.05, 0) is 12.3 Å². The van der Waals surface area contributed by atoms with E-state index >= 15 is 0 Å². The molecule has 0 fully saturated rings. The average molecular weight is 184 g/mol. The van der Waals surface area contributed by atoms with Gasteiger partial charge in [0.05, 0.1) is 6.61 Å². The van der Waals surface area contributed by atoms with Gasteiger partial charge < -0.3 is 4.74 Å². The van der Waals surface area contributed by atoms with Crippen molar-refractivity contribution in [3.05, 3.63) is 12.2 Å². The van der Waals surface area contributed by atoms with Crippen LogP contribution < -0.4 is 0 Å². The van der Waals surface area contributed by atoms with Crippen LogP contribution in [0.2, 0.25) is 0 Å². The van der Waals surface area contributed by atoms with Crippen molar-refractivity contribution in [1.29, 1.82) is 0 Å². The molecule has 0 aromatic rings. The fourth-order valence-corrected chi connectivity index (χ4v) is 0.798. The van der Waals surface area contributed by atoms with Gasteiger partial charge in [0.2, 0.25) is 0 Å². The Morgan fingerprint density at radius 2 is 2.15 bits per heavy atom. The third-order valence-electron chi connectivity index (χ3n) is 1.54. The molecule has 0 aromatic carbocycles. The molecule has 0 aliphatic rings. The molecule has 0 spiro atoms. The molecule has 0 saturated heterocycles. The third-order valence-corrected chi connectivity index (χ3v) is 1.54. The number of hydrogen-bond acceptors (Lipinski definition) is 2. The predicted molar refractivity (Wildman–Crippen MR) is 54.5 cm³/mol. The number of rotatable bonds is 6. The molecule has 13 heavy (non-hydrogen) atoms. The van der Waals surface area contributed by atoms with Crippen LogP contribution in [0.25, 0.3) is 0 Å². The molecule has 0 aliphatic carbocycles. The number of ether oxygens (including phenoxy) is 1. The van der Waals surface area contributed by atoms with E-state index in [2.05, 4.69) is 6.92 Å². The van der Waals surface area contributed by atoms with Crippen LogP contribution in [-0.2, 0) is 9.53 Å². The number of allylic oxidation sites excluding steroid dienone is 1. The van der Waals surface area contributed by atoms with E-state index in [1.54, 1.807) is 0 Å². The number of unbranched alkanes of at least 4 members (excludes halogenated alkanes) is 2. The first-order valence-electron chi connectivity index (χ1n) is 5.00. The van der Waals surface area contributed by atoms with Gasteiger partial charge in [-0.25, -0.2) is 4.79 Å². The Hall–Kier alpha value is -0.790. The van der Waals surface area contributed by atoms with Crippen molar-refractivity contribution >= 4 is 5.97 Å². The first-order chi connectivity index (χ1) is 6.16. The van der Waals surface area contributed by atoms with E-state index in [-0.39, 0.29) is 5.97 Å². The van der Waals surface area contributed by atoms with Gasteiger partial charge >= 0.3 is 5.97 Å². The summed E-state index contributed by atoms with van der Waals surface area (Å²) in [6, 6.07) is 0. The van der Waals surface area contributed by atoms with Crippen molar-refractivity contribution in [2.45, 2.75) is 40.0 Å². The van der Waals surface area contributed by atoms with Crippen LogP contribution in [0.15, 0.2) is 12.2 Å². The molecule has 0 unspecified atom stereocenters. The smallest absolute Gasteiger partial charge is 0.330 e. The summed E-state index contributed by atoms with van der Waals surface area (Å²) in [5.41, 5.74) is 0. The lowest BCUT2D eigenvalue weighted by Crippen LogP contribution is -2.06. The van der Waals surface area contributed by atoms with Crippen LogP contribution in [0.3, 0.4) is 0 Å². The van der Waals surface area contributed by atoms with E-state index in [4.69, 9.17) is 4.74 Å². The average Bonchev–Trinajstić information content (AvgIpc) is 2.09. The summed E-state index contributed by atoms with van der Waals surface area (Å²) >= 11 is 0. The molecular weight excluding hydrogens is 164 g/mol. The summed E-state index contributed by atoms with van der Waals surface area (Å²) in [5, 5.41) is 0. The van der Waals surface area contributed by atoms with E-state index in [0.29, 0.717) is 12.5 Å². The maximum Gasteiger partial charge on any atom is 0.330 e. The summed E-state index contributed by atoms with van der Waals surface area (Å²) in [5.74, 6) is 0.192. The van der Waals surface area contributed by atoms with E-state index in [1.165, 1.54) is 6.08 Å². The zero-order valence-corrected chi connectivity index (χ0v) is 8.88. The Labute approximate surface area is 81.0 Å². The predicted octanol–water partition coefficient (Wildman–Crippen LogP) is 2.93. The van der Waals surface area contributed by atoms with Crippen molar-refractivity contribution in [3.8, 4) is 0 Å². The molecule has 0 aliphatic heterocycles. The highest BCUT2D eigenvalue weighted by molar-refractivity contribution is 5.81. The highest BCUT2D eigenvalue weighted by atomic mass is 16.5. The van der Waals surface area contributed by atoms with E-state index in [9.17, 15) is 4.79 Å². The molecule has 0 rings (SSSR count). The maximum absolute atomic E-state index is 11.0. The second kappa shape index (κ2) is 7.84. The molecule has 0 aromatic heterocycles. The first-order valence-corrected chi connectivity index (χ1v) is 5.00. The summed E-state index contributed by atoms with van der Waals surface area (Å²) in [6.45, 7) is 6.68. The van der Waals surface area contributed by atoms with Crippen LogP contribution in [0.1, 0.15) is 40.0 Å². The van der Waals surface area contributed by atoms with Gasteiger partial charge in [-0.3, -0.25) is 0 Å². The number of hydrogen-bond donors (Lipinski definition) is 0. The Morgan fingerprint density at radius 1 is 1.46 bits per heavy atom. The monoisotopic (exact) mass is 184 g/mol. The van der Waals surface area contributed by atoms with Gasteiger partial charge in [-0.1, -0.05) is 39.7 Å². The van der Waals surface area contributed by atoms with E-state index in [0.717, 1.165) is 19.3 Å². The third kappa shape index (κ3) is 9.12. The SMILES string of the molecule is CCCCC=CC(=O)OCC(C)C. The van der Waals surface area contributed by atoms with Crippen molar-refractivity contribution in [2.75, 3.05) is 6.61 Å². The summed E-state index contributed by atoms with van der Waals surface area (Å²) in [4.78, 5) is 11.0. The zero-order chi connectivity index (χ0) is 10.1. The molecule has 0 amide bonds. The lowest BCUT2D eigenvalue weighted by molar-refractivity contribution is -0.138. The normalized spacial score (nSPS) is 11.1. The minimum Gasteiger partial charge on any atom is -0.462 e. The Balaban J connectivity index is 3.44. The number of carbonyl (C=O) groups excluding carboxylic acids is 1. The van der Waals surface area contributed by atoms with Crippen molar-refractivity contribution in [2.24, 2.45) is 5.92 Å². The molecule has 0 N–H and O–H groups in total. The van der Waals surface area contributed by atoms with Crippen molar-refractivity contribution in [1.82, 2.24) is 0 Å². The molecule has 0 heterocycles. The second-order valence-electron chi connectivity index (χ2n) is 3.57. The number of esters is 1. The lowest BCUT2D eigenvalue weighted by atomic mass is 10.2. The van der Waals surface area contributed by atoms with Crippen LogP contribution in [0, 0.1) is 5.92 Å². The van der Waals surface area contributed by atoms with Crippen LogP contribution in [0.4, 0.5) is 0 Å². The molecule has 0 atom stereocenters. The van der Waals surface area contributed by atoms with Gasteiger partial charge in [0, 0.05) is 6.08 Å². The Kier molecular flexibility index (Phi) is 7.36. The minimum absolute atomic E-state index is 0.218. The van der Waals surface area contributed by atoms with E-state index in [1.807, 2.05) is 19.9 Å². The quantitative estimate of drug-likeness (QED) is 0.360. The molecule has 0 saturated carbocycles. The molecule has 0 radical (unpaired) electrons. The highest BCUT2D eigenvalue weighted by Gasteiger charge is 1.98. The van der Waals surface area contributed by atoms with Gasteiger partial charge in [-0.2, -0.15) is 0 Å². The largest absolute Gasteiger partial charge is 0.462 e. The van der Waals surface area contributed by atoms with Gasteiger partial charge in [0.1, 0.15) is 0 Å². The van der Waals surface area contributed by atoms with Gasteiger partial charge in [0.25, 0.3) is 0 Å². The summed E-state index contributed by atoms with van der Waals surface area (Å²) in [6.07, 6.45) is 6.66. The Morgan fingerprint density at radius 3 is 2.69 bits per heavy atom. The summed E-state index contributed by atoms with van der Waals surface area (Å²) in [7, 11) is 0. The van der Waals surface area contributed by atoms with Crippen molar-refractivity contribution in [3.63, 3.8) is 0 Å². The number of carbonyl (C=O) groups is 1. The van der Waals surface area contributed by atoms with Crippen LogP contribution in [-0.4, -0.2) is 12.6 Å². The minimum atomic E-state index is -0.218. The molecule has 2 nitrogen and oxygen atoms in total. The van der Waals surface area contributed by atoms with Crippen LogP contribution >= 0.6 is 0 Å². The maximum atomic E-state index is 11.0. The topological polar surface area (TPSA) is 26.3 Å². The van der Waals surface area contributed by atoms with E-state index < -0.39 is 0 Å². The molecule has 2 heteroatoms. The first kappa shape index (κ1) is 12.2. The van der Waals surface area contributed by atoms with Gasteiger partial charge in [-0.15, -0.1) is 0 Å². The van der Waals surface area contributed by atoms with Crippen LogP contribution in [0.5, 0.6) is 0 Å². The Bertz CT molecular complexity index is 159. The summed E-state index contributed by atoms with van der Waals surface area (Å²) < 4.78 is 4.96. The van der Waals surface area contributed by atoms with Gasteiger partial charge in [0.15, 0.2) is 0 Å².